The first-order valence-electron chi connectivity index (χ1n) is 8.73. The van der Waals surface area contributed by atoms with Gasteiger partial charge in [0.05, 0.1) is 0 Å². The molecule has 0 atom stereocenters. The smallest absolute Gasteiger partial charge is 0.225 e. The Bertz CT molecular complexity index is 476. The van der Waals surface area contributed by atoms with Crippen LogP contribution in [0.25, 0.3) is 0 Å². The van der Waals surface area contributed by atoms with E-state index in [9.17, 15) is 9.59 Å². The Balaban J connectivity index is 0.000000277. The maximum Gasteiger partial charge on any atom is 0.225 e. The van der Waals surface area contributed by atoms with Gasteiger partial charge in [-0.2, -0.15) is 0 Å². The normalized spacial score (nSPS) is 23.4. The quantitative estimate of drug-likeness (QED) is 0.738. The van der Waals surface area contributed by atoms with Gasteiger partial charge in [0, 0.05) is 23.9 Å². The third kappa shape index (κ3) is 4.17. The summed E-state index contributed by atoms with van der Waals surface area (Å²) in [6.07, 6.45) is 1.99. The third-order valence-electron chi connectivity index (χ3n) is 5.94. The number of hydrogen-bond donors (Lipinski definition) is 1. The van der Waals surface area contributed by atoms with Crippen LogP contribution >= 0.6 is 0 Å². The summed E-state index contributed by atoms with van der Waals surface area (Å²) in [7, 11) is -1.64. The molecule has 2 rings (SSSR count). The van der Waals surface area contributed by atoms with E-state index in [2.05, 4.69) is 57.6 Å². The van der Waals surface area contributed by atoms with Crippen LogP contribution in [0.2, 0.25) is 18.1 Å². The highest BCUT2D eigenvalue weighted by molar-refractivity contribution is 6.79. The summed E-state index contributed by atoms with van der Waals surface area (Å²) in [4.78, 5) is 23.1. The largest absolute Gasteiger partial charge is 0.369 e. The zero-order valence-electron chi connectivity index (χ0n) is 16.6. The van der Waals surface area contributed by atoms with E-state index >= 15 is 0 Å². The van der Waals surface area contributed by atoms with Gasteiger partial charge in [-0.25, -0.2) is 0 Å². The Hall–Kier alpha value is -0.843. The Morgan fingerprint density at radius 2 is 1.52 bits per heavy atom. The molecular formula is C18H36N2O2Si. The molecule has 0 unspecified atom stereocenters. The zero-order valence-corrected chi connectivity index (χ0v) is 17.6. The Kier molecular flexibility index (Phi) is 5.47. The topological polar surface area (TPSA) is 49.4 Å². The number of carbonyl (C=O) groups is 2. The summed E-state index contributed by atoms with van der Waals surface area (Å²) in [5.41, 5.74) is -0.227. The number of nitrogens with zero attached hydrogens (tertiary/aromatic N) is 1. The molecular weight excluding hydrogens is 304 g/mol. The van der Waals surface area contributed by atoms with Crippen molar-refractivity contribution >= 4 is 20.0 Å². The van der Waals surface area contributed by atoms with Gasteiger partial charge in [0.1, 0.15) is 0 Å². The number of nitrogens with one attached hydrogen (secondary N) is 1. The number of rotatable bonds is 1. The van der Waals surface area contributed by atoms with Gasteiger partial charge in [0.15, 0.2) is 8.24 Å². The minimum absolute atomic E-state index is 0.0972. The lowest BCUT2D eigenvalue weighted by atomic mass is 9.92. The fourth-order valence-corrected chi connectivity index (χ4v) is 5.04. The summed E-state index contributed by atoms with van der Waals surface area (Å²) < 4.78 is 2.20. The monoisotopic (exact) mass is 340 g/mol. The average Bonchev–Trinajstić information content (AvgIpc) is 2.80. The average molecular weight is 341 g/mol. The van der Waals surface area contributed by atoms with E-state index in [1.165, 1.54) is 0 Å². The lowest BCUT2D eigenvalue weighted by Gasteiger charge is -2.44. The Morgan fingerprint density at radius 1 is 1.00 bits per heavy atom. The summed E-state index contributed by atoms with van der Waals surface area (Å²) in [5, 5.41) is 3.02. The molecule has 2 saturated heterocycles. The van der Waals surface area contributed by atoms with Crippen molar-refractivity contribution < 1.29 is 9.59 Å². The van der Waals surface area contributed by atoms with Crippen LogP contribution in [0.4, 0.5) is 0 Å². The van der Waals surface area contributed by atoms with Crippen molar-refractivity contribution in [1.82, 2.24) is 9.88 Å². The molecule has 0 aromatic heterocycles. The summed E-state index contributed by atoms with van der Waals surface area (Å²) in [6.45, 7) is 21.3. The third-order valence-corrected chi connectivity index (χ3v) is 11.4. The van der Waals surface area contributed by atoms with Crippen molar-refractivity contribution in [2.24, 2.45) is 10.8 Å². The first-order valence-corrected chi connectivity index (χ1v) is 11.7. The van der Waals surface area contributed by atoms with Gasteiger partial charge >= 0.3 is 0 Å². The first-order chi connectivity index (χ1) is 10.1. The lowest BCUT2D eigenvalue weighted by molar-refractivity contribution is -0.131. The molecule has 0 aliphatic carbocycles. The highest BCUT2D eigenvalue weighted by atomic mass is 28.3. The van der Waals surface area contributed by atoms with E-state index < -0.39 is 8.24 Å². The maximum atomic E-state index is 12.3. The van der Waals surface area contributed by atoms with Gasteiger partial charge < -0.3 is 9.88 Å². The van der Waals surface area contributed by atoms with E-state index in [4.69, 9.17) is 0 Å². The number of amides is 2. The van der Waals surface area contributed by atoms with Crippen LogP contribution in [0.1, 0.15) is 61.3 Å². The summed E-state index contributed by atoms with van der Waals surface area (Å²) >= 11 is 0. The Morgan fingerprint density at radius 3 is 1.74 bits per heavy atom. The second-order valence-electron chi connectivity index (χ2n) is 9.79. The summed E-state index contributed by atoms with van der Waals surface area (Å²) in [6, 6.07) is 0. The molecule has 2 fully saturated rings. The zero-order chi connectivity index (χ0) is 18.3. The van der Waals surface area contributed by atoms with Gasteiger partial charge in [0.25, 0.3) is 0 Å². The van der Waals surface area contributed by atoms with Crippen molar-refractivity contribution in [3.8, 4) is 0 Å². The molecule has 2 aliphatic rings. The molecule has 2 aliphatic heterocycles. The molecule has 0 bridgehead atoms. The number of carbonyl (C=O) groups excluding carboxylic acids is 2. The van der Waals surface area contributed by atoms with Gasteiger partial charge in [-0.05, 0) is 17.9 Å². The van der Waals surface area contributed by atoms with Crippen LogP contribution < -0.4 is 5.32 Å². The van der Waals surface area contributed by atoms with Crippen molar-refractivity contribution in [3.63, 3.8) is 0 Å². The number of hydrogen-bond acceptors (Lipinski definition) is 2. The van der Waals surface area contributed by atoms with Crippen LogP contribution in [0.15, 0.2) is 0 Å². The van der Waals surface area contributed by atoms with Gasteiger partial charge in [0.2, 0.25) is 11.8 Å². The second kappa shape index (κ2) is 6.23. The minimum atomic E-state index is -1.64. The first kappa shape index (κ1) is 20.2. The van der Waals surface area contributed by atoms with E-state index in [-0.39, 0.29) is 21.8 Å². The van der Waals surface area contributed by atoms with Gasteiger partial charge in [-0.1, -0.05) is 61.6 Å². The van der Waals surface area contributed by atoms with Crippen molar-refractivity contribution in [2.45, 2.75) is 79.4 Å². The van der Waals surface area contributed by atoms with Gasteiger partial charge in [-0.3, -0.25) is 9.59 Å². The standard InChI is InChI=1S/C12H25NOSi.C6H11NO/c1-11(2,3)15(6,7)13-9-8-12(4,5)10(13)14;1-6(2)3-4-7-5(6)8/h8-9H2,1-7H3;3-4H2,1-2H3,(H,7,8). The molecule has 23 heavy (non-hydrogen) atoms. The minimum Gasteiger partial charge on any atom is -0.369 e. The molecule has 2 heterocycles. The van der Waals surface area contributed by atoms with Crippen LogP contribution in [0, 0.1) is 10.8 Å². The van der Waals surface area contributed by atoms with Crippen LogP contribution in [0.3, 0.4) is 0 Å². The Labute approximate surface area is 143 Å². The molecule has 1 N–H and O–H groups in total. The van der Waals surface area contributed by atoms with Crippen LogP contribution in [-0.4, -0.2) is 37.7 Å². The van der Waals surface area contributed by atoms with E-state index in [0.717, 1.165) is 25.9 Å². The fourth-order valence-electron chi connectivity index (χ4n) is 2.74. The molecule has 0 spiro atoms. The highest BCUT2D eigenvalue weighted by Gasteiger charge is 2.50. The predicted molar refractivity (Wildman–Crippen MR) is 98.7 cm³/mol. The van der Waals surface area contributed by atoms with Gasteiger partial charge in [-0.15, -0.1) is 0 Å². The van der Waals surface area contributed by atoms with Crippen molar-refractivity contribution in [2.75, 3.05) is 13.1 Å². The van der Waals surface area contributed by atoms with Crippen LogP contribution in [0.5, 0.6) is 0 Å². The SMILES string of the molecule is CC1(C)CCN([Si](C)(C)C(C)(C)C)C1=O.CC1(C)CCNC1=O. The molecule has 0 radical (unpaired) electrons. The summed E-state index contributed by atoms with van der Waals surface area (Å²) in [5.74, 6) is 0.562. The lowest BCUT2D eigenvalue weighted by Crippen LogP contribution is -2.56. The molecule has 0 saturated carbocycles. The molecule has 2 amide bonds. The van der Waals surface area contributed by atoms with E-state index in [0.29, 0.717) is 5.91 Å². The molecule has 0 aromatic rings. The molecule has 5 heteroatoms. The molecule has 4 nitrogen and oxygen atoms in total. The fraction of sp³-hybridized carbons (Fsp3) is 0.889. The highest BCUT2D eigenvalue weighted by Crippen LogP contribution is 2.43. The van der Waals surface area contributed by atoms with Crippen molar-refractivity contribution in [3.05, 3.63) is 0 Å². The van der Waals surface area contributed by atoms with Crippen molar-refractivity contribution in [1.29, 1.82) is 0 Å². The maximum absolute atomic E-state index is 12.3. The van der Waals surface area contributed by atoms with E-state index in [1.807, 2.05) is 13.8 Å². The molecule has 0 aromatic carbocycles. The predicted octanol–water partition coefficient (Wildman–Crippen LogP) is 3.78. The van der Waals surface area contributed by atoms with E-state index in [1.54, 1.807) is 0 Å². The molecule has 134 valence electrons. The van der Waals surface area contributed by atoms with Crippen LogP contribution in [-0.2, 0) is 9.59 Å². The second-order valence-corrected chi connectivity index (χ2v) is 14.9.